The fraction of sp³-hybridized carbons (Fsp3) is 0.263. The van der Waals surface area contributed by atoms with E-state index in [2.05, 4.69) is 20.1 Å². The van der Waals surface area contributed by atoms with Crippen molar-refractivity contribution in [2.24, 2.45) is 0 Å². The van der Waals surface area contributed by atoms with Gasteiger partial charge >= 0.3 is 11.8 Å². The first kappa shape index (κ1) is 18.7. The van der Waals surface area contributed by atoms with Gasteiger partial charge in [-0.05, 0) is 29.8 Å². The number of piperazine rings is 1. The molecular formula is C19H17Cl2N5O2. The summed E-state index contributed by atoms with van der Waals surface area (Å²) in [7, 11) is 0. The van der Waals surface area contributed by atoms with Crippen LogP contribution in [0.1, 0.15) is 22.1 Å². The van der Waals surface area contributed by atoms with Gasteiger partial charge in [-0.25, -0.2) is 4.98 Å². The lowest BCUT2D eigenvalue weighted by atomic mass is 10.1. The van der Waals surface area contributed by atoms with Crippen molar-refractivity contribution in [1.82, 2.24) is 20.1 Å². The standard InChI is InChI=1S/C19H17Cl2N5O2/c20-14-5-4-13(15(21)12-14)11-17-23-24-18(28-17)19(27)26-9-7-25(8-10-26)16-3-1-2-6-22-16/h1-6,12H,7-11H2. The zero-order valence-electron chi connectivity index (χ0n) is 14.9. The Morgan fingerprint density at radius 1 is 1.07 bits per heavy atom. The summed E-state index contributed by atoms with van der Waals surface area (Å²) in [6.45, 7) is 2.53. The zero-order valence-corrected chi connectivity index (χ0v) is 16.4. The van der Waals surface area contributed by atoms with Crippen LogP contribution in [0.5, 0.6) is 0 Å². The molecule has 9 heteroatoms. The van der Waals surface area contributed by atoms with Crippen LogP contribution in [-0.4, -0.2) is 52.2 Å². The van der Waals surface area contributed by atoms with E-state index >= 15 is 0 Å². The summed E-state index contributed by atoms with van der Waals surface area (Å²) in [6, 6.07) is 11.0. The van der Waals surface area contributed by atoms with E-state index < -0.39 is 0 Å². The van der Waals surface area contributed by atoms with Crippen LogP contribution >= 0.6 is 23.2 Å². The predicted octanol–water partition coefficient (Wildman–Crippen LogP) is 3.32. The number of carbonyl (C=O) groups is 1. The summed E-state index contributed by atoms with van der Waals surface area (Å²) < 4.78 is 5.57. The molecule has 1 amide bonds. The summed E-state index contributed by atoms with van der Waals surface area (Å²) in [4.78, 5) is 20.9. The zero-order chi connectivity index (χ0) is 19.5. The first-order valence-electron chi connectivity index (χ1n) is 8.82. The van der Waals surface area contributed by atoms with Gasteiger partial charge in [-0.15, -0.1) is 10.2 Å². The first-order valence-corrected chi connectivity index (χ1v) is 9.57. The summed E-state index contributed by atoms with van der Waals surface area (Å²) in [5, 5.41) is 8.96. The Hall–Kier alpha value is -2.64. The molecule has 1 aliphatic heterocycles. The Morgan fingerprint density at radius 2 is 1.89 bits per heavy atom. The van der Waals surface area contributed by atoms with Gasteiger partial charge in [-0.2, -0.15) is 0 Å². The highest BCUT2D eigenvalue weighted by Gasteiger charge is 2.26. The average Bonchev–Trinajstić information content (AvgIpc) is 3.19. The van der Waals surface area contributed by atoms with E-state index in [0.29, 0.717) is 48.5 Å². The van der Waals surface area contributed by atoms with Crippen LogP contribution in [0.3, 0.4) is 0 Å². The van der Waals surface area contributed by atoms with E-state index in [1.165, 1.54) is 0 Å². The lowest BCUT2D eigenvalue weighted by Crippen LogP contribution is -2.49. The van der Waals surface area contributed by atoms with Gasteiger partial charge in [-0.1, -0.05) is 35.3 Å². The predicted molar refractivity (Wildman–Crippen MR) is 106 cm³/mol. The molecule has 1 aliphatic rings. The molecule has 4 rings (SSSR count). The number of amides is 1. The van der Waals surface area contributed by atoms with Gasteiger partial charge < -0.3 is 14.2 Å². The molecule has 1 aromatic carbocycles. The third kappa shape index (κ3) is 4.10. The molecule has 28 heavy (non-hydrogen) atoms. The highest BCUT2D eigenvalue weighted by Crippen LogP contribution is 2.23. The van der Waals surface area contributed by atoms with Crippen molar-refractivity contribution in [2.75, 3.05) is 31.1 Å². The third-order valence-corrected chi connectivity index (χ3v) is 5.13. The molecule has 7 nitrogen and oxygen atoms in total. The lowest BCUT2D eigenvalue weighted by Gasteiger charge is -2.34. The minimum Gasteiger partial charge on any atom is -0.417 e. The lowest BCUT2D eigenvalue weighted by molar-refractivity contribution is 0.0704. The van der Waals surface area contributed by atoms with Gasteiger partial charge in [0.1, 0.15) is 5.82 Å². The molecule has 0 aliphatic carbocycles. The number of carbonyl (C=O) groups excluding carboxylic acids is 1. The molecule has 144 valence electrons. The summed E-state index contributed by atoms with van der Waals surface area (Å²) >= 11 is 12.1. The molecular weight excluding hydrogens is 401 g/mol. The fourth-order valence-electron chi connectivity index (χ4n) is 3.05. The number of benzene rings is 1. The van der Waals surface area contributed by atoms with Gasteiger partial charge in [0.15, 0.2) is 0 Å². The van der Waals surface area contributed by atoms with Crippen LogP contribution in [0, 0.1) is 0 Å². The number of aromatic nitrogens is 3. The minimum absolute atomic E-state index is 0.00799. The Kier molecular flexibility index (Phi) is 5.45. The van der Waals surface area contributed by atoms with Crippen molar-refractivity contribution in [3.8, 4) is 0 Å². The van der Waals surface area contributed by atoms with Gasteiger partial charge in [0.25, 0.3) is 0 Å². The van der Waals surface area contributed by atoms with Crippen LogP contribution < -0.4 is 4.90 Å². The number of pyridine rings is 1. The molecule has 0 bridgehead atoms. The molecule has 2 aromatic heterocycles. The Bertz CT molecular complexity index is 971. The first-order chi connectivity index (χ1) is 13.6. The van der Waals surface area contributed by atoms with Crippen LogP contribution in [0.4, 0.5) is 5.82 Å². The summed E-state index contributed by atoms with van der Waals surface area (Å²) in [6.07, 6.45) is 2.10. The normalized spacial score (nSPS) is 14.4. The van der Waals surface area contributed by atoms with Crippen LogP contribution in [0.25, 0.3) is 0 Å². The maximum absolute atomic E-state index is 12.7. The molecule has 3 heterocycles. The molecule has 0 atom stereocenters. The second kappa shape index (κ2) is 8.16. The SMILES string of the molecule is O=C(c1nnc(Cc2ccc(Cl)cc2Cl)o1)N1CCN(c2ccccn2)CC1. The average molecular weight is 418 g/mol. The van der Waals surface area contributed by atoms with E-state index in [4.69, 9.17) is 27.6 Å². The van der Waals surface area contributed by atoms with Crippen LogP contribution in [0.2, 0.25) is 10.0 Å². The maximum Gasteiger partial charge on any atom is 0.311 e. The minimum atomic E-state index is -0.262. The van der Waals surface area contributed by atoms with Crippen molar-refractivity contribution < 1.29 is 9.21 Å². The second-order valence-corrected chi connectivity index (χ2v) is 7.22. The van der Waals surface area contributed by atoms with Crippen LogP contribution in [0.15, 0.2) is 47.0 Å². The molecule has 1 fully saturated rings. The topological polar surface area (TPSA) is 75.4 Å². The van der Waals surface area contributed by atoms with Crippen molar-refractivity contribution in [1.29, 1.82) is 0 Å². The van der Waals surface area contributed by atoms with Crippen molar-refractivity contribution in [2.45, 2.75) is 6.42 Å². The number of hydrogen-bond acceptors (Lipinski definition) is 6. The van der Waals surface area contributed by atoms with E-state index in [1.54, 1.807) is 29.3 Å². The number of nitrogens with zero attached hydrogens (tertiary/aromatic N) is 5. The van der Waals surface area contributed by atoms with Gasteiger partial charge in [0.05, 0.1) is 6.42 Å². The second-order valence-electron chi connectivity index (χ2n) is 6.38. The van der Waals surface area contributed by atoms with E-state index in [-0.39, 0.29) is 11.8 Å². The maximum atomic E-state index is 12.7. The van der Waals surface area contributed by atoms with Crippen molar-refractivity contribution >= 4 is 34.9 Å². The van der Waals surface area contributed by atoms with Gasteiger partial charge in [0.2, 0.25) is 5.89 Å². The van der Waals surface area contributed by atoms with Crippen LogP contribution in [-0.2, 0) is 6.42 Å². The largest absolute Gasteiger partial charge is 0.417 e. The molecule has 3 aromatic rings. The summed E-state index contributed by atoms with van der Waals surface area (Å²) in [5.74, 6) is 0.974. The molecule has 0 unspecified atom stereocenters. The highest BCUT2D eigenvalue weighted by molar-refractivity contribution is 6.35. The monoisotopic (exact) mass is 417 g/mol. The van der Waals surface area contributed by atoms with E-state index in [0.717, 1.165) is 11.4 Å². The van der Waals surface area contributed by atoms with E-state index in [1.807, 2.05) is 18.2 Å². The summed E-state index contributed by atoms with van der Waals surface area (Å²) in [5.41, 5.74) is 0.803. The van der Waals surface area contributed by atoms with E-state index in [9.17, 15) is 4.79 Å². The Balaban J connectivity index is 1.38. The number of halogens is 2. The molecule has 0 radical (unpaired) electrons. The smallest absolute Gasteiger partial charge is 0.311 e. The third-order valence-electron chi connectivity index (χ3n) is 4.55. The number of anilines is 1. The Morgan fingerprint density at radius 3 is 2.61 bits per heavy atom. The van der Waals surface area contributed by atoms with Crippen molar-refractivity contribution in [3.05, 3.63) is 70.0 Å². The highest BCUT2D eigenvalue weighted by atomic mass is 35.5. The Labute approximate surface area is 171 Å². The molecule has 0 N–H and O–H groups in total. The molecule has 0 saturated carbocycles. The molecule has 1 saturated heterocycles. The number of rotatable bonds is 4. The number of hydrogen-bond donors (Lipinski definition) is 0. The van der Waals surface area contributed by atoms with Crippen molar-refractivity contribution in [3.63, 3.8) is 0 Å². The fourth-order valence-corrected chi connectivity index (χ4v) is 3.53. The quantitative estimate of drug-likeness (QED) is 0.647. The van der Waals surface area contributed by atoms with Gasteiger partial charge in [-0.3, -0.25) is 4.79 Å². The molecule has 0 spiro atoms. The van der Waals surface area contributed by atoms with Gasteiger partial charge in [0, 0.05) is 42.4 Å².